The van der Waals surface area contributed by atoms with Crippen molar-refractivity contribution in [2.45, 2.75) is 164 Å². The summed E-state index contributed by atoms with van der Waals surface area (Å²) in [6.07, 6.45) is 10.9. The van der Waals surface area contributed by atoms with Gasteiger partial charge in [-0.25, -0.2) is 0 Å². The van der Waals surface area contributed by atoms with Crippen molar-refractivity contribution >= 4 is 28.6 Å². The van der Waals surface area contributed by atoms with E-state index in [9.17, 15) is 48.3 Å². The molecule has 0 amide bonds. The molecule has 0 aromatic carbocycles. The molecule has 1 heterocycles. The van der Waals surface area contributed by atoms with E-state index in [1.807, 2.05) is 13.8 Å². The standard InChI is InChI=1S/C20H35F3O4SSi.C14H21F3O4S.C4H8O.3CH4/c1-14(13-26-29(6,7)18(2,3)4)15-10-11-16-17(9-8-12-19(15,16)5)27-28(24,25)20(21,22)23;1-9(8-18)10-5-6-11-12(4-3-7-13(10,11)2)21-22(19,20)14(15,16)17;1-2-4-5-3-1;;;/h9,14-16H,8,10-13H2,1-7H3;4,9-11,18H,3,5-8H2,1-2H3;1-4H2;3*1H4/t14-,15-,16?,19-;9-,10-,11?,13-;;;;/m11..../s1. The summed E-state index contributed by atoms with van der Waals surface area (Å²) in [5, 5.41) is 9.47. The lowest BCUT2D eigenvalue weighted by Crippen LogP contribution is -2.43. The van der Waals surface area contributed by atoms with Crippen molar-refractivity contribution in [1.82, 2.24) is 0 Å². The topological polar surface area (TPSA) is 125 Å². The fourth-order valence-corrected chi connectivity index (χ4v) is 11.4. The van der Waals surface area contributed by atoms with E-state index >= 15 is 0 Å². The van der Waals surface area contributed by atoms with Crippen molar-refractivity contribution in [2.24, 2.45) is 46.3 Å². The molecule has 0 radical (unpaired) electrons. The third-order valence-electron chi connectivity index (χ3n) is 13.5. The SMILES string of the molecule is C.C.C.C1CCOC1.C[C@H](CO)[C@H]1CCC2C(OS(=O)(=O)C(F)(F)F)=CCC[C@@]21C.C[C@H](CO[Si](C)(C)C(C)(C)C)[C@H]1CCC2C(OS(=O)(=O)C(F)(F)F)=CCC[C@@]21C. The molecular formula is C41H76F6O9S2Si. The molecule has 5 aliphatic rings. The van der Waals surface area contributed by atoms with Crippen LogP contribution in [0, 0.1) is 46.3 Å². The van der Waals surface area contributed by atoms with E-state index in [0.717, 1.165) is 38.9 Å². The predicted molar refractivity (Wildman–Crippen MR) is 224 cm³/mol. The summed E-state index contributed by atoms with van der Waals surface area (Å²) >= 11 is 0. The Morgan fingerprint density at radius 3 is 1.42 bits per heavy atom. The summed E-state index contributed by atoms with van der Waals surface area (Å²) in [4.78, 5) is 0. The van der Waals surface area contributed by atoms with Crippen LogP contribution in [0.1, 0.15) is 135 Å². The van der Waals surface area contributed by atoms with Crippen LogP contribution >= 0.6 is 0 Å². The van der Waals surface area contributed by atoms with Gasteiger partial charge in [-0.2, -0.15) is 43.2 Å². The van der Waals surface area contributed by atoms with Crippen LogP contribution in [0.2, 0.25) is 18.1 Å². The summed E-state index contributed by atoms with van der Waals surface area (Å²) in [6, 6.07) is 0. The monoisotopic (exact) mass is 918 g/mol. The van der Waals surface area contributed by atoms with E-state index in [1.165, 1.54) is 25.0 Å². The summed E-state index contributed by atoms with van der Waals surface area (Å²) < 4.78 is 142. The molecule has 59 heavy (non-hydrogen) atoms. The quantitative estimate of drug-likeness (QED) is 0.0986. The number of hydrogen-bond acceptors (Lipinski definition) is 9. The summed E-state index contributed by atoms with van der Waals surface area (Å²) in [7, 11) is -13.2. The Hall–Kier alpha value is -1.34. The third-order valence-corrected chi connectivity index (χ3v) is 20.0. The smallest absolute Gasteiger partial charge is 0.417 e. The van der Waals surface area contributed by atoms with Gasteiger partial charge < -0.3 is 22.6 Å². The van der Waals surface area contributed by atoms with Crippen LogP contribution in [-0.4, -0.2) is 67.7 Å². The van der Waals surface area contributed by atoms with Gasteiger partial charge in [0, 0.05) is 38.3 Å². The maximum Gasteiger partial charge on any atom is 0.534 e. The molecule has 1 N–H and O–H groups in total. The van der Waals surface area contributed by atoms with E-state index in [2.05, 4.69) is 56.1 Å². The summed E-state index contributed by atoms with van der Waals surface area (Å²) in [6.45, 7) is 21.7. The average Bonchev–Trinajstić information content (AvgIpc) is 3.82. The molecular weight excluding hydrogens is 843 g/mol. The highest BCUT2D eigenvalue weighted by Gasteiger charge is 2.57. The van der Waals surface area contributed by atoms with Crippen molar-refractivity contribution in [2.75, 3.05) is 26.4 Å². The normalized spacial score (nSPS) is 29.4. The highest BCUT2D eigenvalue weighted by Crippen LogP contribution is 2.60. The van der Waals surface area contributed by atoms with Crippen LogP contribution in [0.15, 0.2) is 23.7 Å². The molecule has 0 bridgehead atoms. The summed E-state index contributed by atoms with van der Waals surface area (Å²) in [5.74, 6) is -0.131. The predicted octanol–water partition coefficient (Wildman–Crippen LogP) is 12.1. The Balaban J connectivity index is 0.000000994. The number of aliphatic hydroxyl groups excluding tert-OH is 1. The molecule has 18 heteroatoms. The van der Waals surface area contributed by atoms with E-state index < -0.39 is 39.6 Å². The Kier molecular flexibility index (Phi) is 20.9. The number of halogens is 6. The Morgan fingerprint density at radius 1 is 0.746 bits per heavy atom. The molecule has 4 aliphatic carbocycles. The Bertz CT molecular complexity index is 1600. The van der Waals surface area contributed by atoms with Crippen molar-refractivity contribution in [1.29, 1.82) is 0 Å². The van der Waals surface area contributed by atoms with Crippen LogP contribution in [0.4, 0.5) is 26.3 Å². The molecule has 5 rings (SSSR count). The molecule has 0 aromatic heterocycles. The van der Waals surface area contributed by atoms with E-state index in [-0.39, 0.29) is 91.8 Å². The lowest BCUT2D eigenvalue weighted by atomic mass is 9.64. The van der Waals surface area contributed by atoms with Crippen LogP contribution in [0.3, 0.4) is 0 Å². The maximum absolute atomic E-state index is 12.8. The molecule has 9 nitrogen and oxygen atoms in total. The van der Waals surface area contributed by atoms with Crippen LogP contribution in [0.25, 0.3) is 0 Å². The van der Waals surface area contributed by atoms with Gasteiger partial charge in [0.05, 0.1) is 0 Å². The molecule has 1 saturated heterocycles. The van der Waals surface area contributed by atoms with Crippen molar-refractivity contribution in [3.05, 3.63) is 23.7 Å². The number of ether oxygens (including phenoxy) is 1. The van der Waals surface area contributed by atoms with Crippen LogP contribution < -0.4 is 0 Å². The minimum Gasteiger partial charge on any atom is -0.417 e. The van der Waals surface area contributed by atoms with Gasteiger partial charge in [-0.05, 0) is 129 Å². The fraction of sp³-hybridized carbons (Fsp3) is 0.902. The minimum absolute atomic E-state index is 0. The second-order valence-corrected chi connectivity index (χ2v) is 26.2. The first kappa shape index (κ1) is 57.7. The van der Waals surface area contributed by atoms with Crippen LogP contribution in [0.5, 0.6) is 0 Å². The van der Waals surface area contributed by atoms with Gasteiger partial charge in [-0.3, -0.25) is 0 Å². The zero-order chi connectivity index (χ0) is 42.8. The van der Waals surface area contributed by atoms with Gasteiger partial charge in [0.25, 0.3) is 0 Å². The summed E-state index contributed by atoms with van der Waals surface area (Å²) in [5.41, 5.74) is -11.5. The largest absolute Gasteiger partial charge is 0.534 e. The lowest BCUT2D eigenvalue weighted by molar-refractivity contribution is -0.0541. The zero-order valence-electron chi connectivity index (χ0n) is 34.3. The van der Waals surface area contributed by atoms with Crippen LogP contribution in [-0.2, 0) is 37.8 Å². The van der Waals surface area contributed by atoms with Gasteiger partial charge in [0.2, 0.25) is 0 Å². The zero-order valence-corrected chi connectivity index (χ0v) is 36.9. The maximum atomic E-state index is 12.8. The van der Waals surface area contributed by atoms with Gasteiger partial charge >= 0.3 is 31.3 Å². The van der Waals surface area contributed by atoms with Crippen molar-refractivity contribution < 1.29 is 65.8 Å². The van der Waals surface area contributed by atoms with Gasteiger partial charge in [-0.1, -0.05) is 70.7 Å². The lowest BCUT2D eigenvalue weighted by Gasteiger charge is -2.43. The molecule has 8 atom stereocenters. The number of hydrogen-bond donors (Lipinski definition) is 1. The first-order valence-corrected chi connectivity index (χ1v) is 25.4. The Morgan fingerprint density at radius 2 is 1.12 bits per heavy atom. The second kappa shape index (κ2) is 21.4. The number of allylic oxidation sites excluding steroid dienone is 4. The number of fused-ring (bicyclic) bond motifs is 2. The minimum atomic E-state index is -5.63. The van der Waals surface area contributed by atoms with E-state index in [1.54, 1.807) is 0 Å². The molecule has 2 saturated carbocycles. The molecule has 2 unspecified atom stereocenters. The Labute approximate surface area is 353 Å². The molecule has 0 spiro atoms. The number of aliphatic hydroxyl groups is 1. The van der Waals surface area contributed by atoms with E-state index in [0.29, 0.717) is 32.3 Å². The first-order valence-electron chi connectivity index (χ1n) is 19.7. The van der Waals surface area contributed by atoms with Gasteiger partial charge in [0.1, 0.15) is 11.5 Å². The highest BCUT2D eigenvalue weighted by atomic mass is 32.2. The third kappa shape index (κ3) is 13.3. The molecule has 3 fully saturated rings. The molecule has 1 aliphatic heterocycles. The first-order chi connectivity index (χ1) is 25.5. The van der Waals surface area contributed by atoms with Gasteiger partial charge in [0.15, 0.2) is 8.32 Å². The average molecular weight is 919 g/mol. The second-order valence-electron chi connectivity index (χ2n) is 18.3. The van der Waals surface area contributed by atoms with Gasteiger partial charge in [-0.15, -0.1) is 0 Å². The molecule has 0 aromatic rings. The number of alkyl halides is 6. The van der Waals surface area contributed by atoms with E-state index in [4.69, 9.17) is 9.16 Å². The van der Waals surface area contributed by atoms with Crippen molar-refractivity contribution in [3.63, 3.8) is 0 Å². The highest BCUT2D eigenvalue weighted by molar-refractivity contribution is 7.88. The number of rotatable bonds is 10. The van der Waals surface area contributed by atoms with Crippen molar-refractivity contribution in [3.8, 4) is 0 Å². The fourth-order valence-electron chi connectivity index (χ4n) is 9.23. The molecule has 352 valence electrons.